The number of aromatic amines is 1. The predicted molar refractivity (Wildman–Crippen MR) is 163 cm³/mol. The molecule has 0 saturated heterocycles. The summed E-state index contributed by atoms with van der Waals surface area (Å²) in [6.07, 6.45) is 2.85. The summed E-state index contributed by atoms with van der Waals surface area (Å²) in [5, 5.41) is 15.2. The largest absolute Gasteiger partial charge is 0.383 e. The average molecular weight is 621 g/mol. The van der Waals surface area contributed by atoms with Gasteiger partial charge < -0.3 is 24.5 Å². The zero-order valence-electron chi connectivity index (χ0n) is 23.3. The summed E-state index contributed by atoms with van der Waals surface area (Å²) in [6.45, 7) is 0.926. The number of imidazole rings is 1. The van der Waals surface area contributed by atoms with Crippen molar-refractivity contribution < 1.29 is 9.53 Å². The maximum atomic E-state index is 13.5. The minimum atomic E-state index is -0.303. The van der Waals surface area contributed by atoms with Gasteiger partial charge >= 0.3 is 6.03 Å². The van der Waals surface area contributed by atoms with Gasteiger partial charge in [-0.2, -0.15) is 4.68 Å². The molecule has 4 heterocycles. The molecular weight excluding hydrogens is 593 g/mol. The van der Waals surface area contributed by atoms with Gasteiger partial charge in [-0.1, -0.05) is 35.3 Å². The zero-order chi connectivity index (χ0) is 30.1. The number of methoxy groups -OCH3 is 1. The summed E-state index contributed by atoms with van der Waals surface area (Å²) in [6, 6.07) is 15.7. The number of carbonyl (C=O) groups is 1. The van der Waals surface area contributed by atoms with Crippen molar-refractivity contribution in [1.29, 1.82) is 0 Å². The normalized spacial score (nSPS) is 14.1. The van der Waals surface area contributed by atoms with Crippen LogP contribution >= 0.6 is 23.2 Å². The smallest absolute Gasteiger partial charge is 0.321 e. The van der Waals surface area contributed by atoms with Crippen LogP contribution in [0.5, 0.6) is 0 Å². The Morgan fingerprint density at radius 1 is 1.14 bits per heavy atom. The third-order valence-electron chi connectivity index (χ3n) is 7.38. The van der Waals surface area contributed by atoms with E-state index in [1.54, 1.807) is 54.0 Å². The second-order valence-electron chi connectivity index (χ2n) is 10.1. The molecule has 5 aromatic rings. The maximum absolute atomic E-state index is 13.5. The van der Waals surface area contributed by atoms with Crippen LogP contribution in [0.4, 0.5) is 10.5 Å². The van der Waals surface area contributed by atoms with Gasteiger partial charge in [0.05, 0.1) is 18.3 Å². The number of hydrogen-bond donors (Lipinski definition) is 2. The van der Waals surface area contributed by atoms with E-state index in [1.807, 2.05) is 24.3 Å². The third-order valence-corrected chi connectivity index (χ3v) is 7.89. The molecule has 1 aliphatic heterocycles. The lowest BCUT2D eigenvalue weighted by Crippen LogP contribution is -2.33. The van der Waals surface area contributed by atoms with Crippen LogP contribution in [-0.2, 0) is 11.2 Å². The molecule has 3 aromatic heterocycles. The summed E-state index contributed by atoms with van der Waals surface area (Å²) < 4.78 is 8.31. The van der Waals surface area contributed by atoms with Gasteiger partial charge in [0.25, 0.3) is 5.56 Å². The average Bonchev–Trinajstić information content (AvgIpc) is 3.76. The molecule has 2 amide bonds. The van der Waals surface area contributed by atoms with Crippen LogP contribution in [-0.4, -0.2) is 73.0 Å². The van der Waals surface area contributed by atoms with Gasteiger partial charge in [-0.15, -0.1) is 5.10 Å². The number of fused-ring (bicyclic) bond motifs is 1. The first-order valence-corrected chi connectivity index (χ1v) is 14.2. The van der Waals surface area contributed by atoms with Gasteiger partial charge in [0.2, 0.25) is 0 Å². The Bertz CT molecular complexity index is 1840. The number of tetrazole rings is 1. The second-order valence-corrected chi connectivity index (χ2v) is 10.9. The number of pyridine rings is 1. The highest BCUT2D eigenvalue weighted by molar-refractivity contribution is 6.32. The van der Waals surface area contributed by atoms with Gasteiger partial charge in [-0.25, -0.2) is 9.78 Å². The molecule has 0 aliphatic carbocycles. The Hall–Kier alpha value is -4.52. The zero-order valence-corrected chi connectivity index (χ0v) is 24.8. The quantitative estimate of drug-likeness (QED) is 0.254. The topological polar surface area (TPSA) is 136 Å². The Morgan fingerprint density at radius 3 is 2.70 bits per heavy atom. The summed E-state index contributed by atoms with van der Waals surface area (Å²) in [4.78, 5) is 35.4. The number of H-pyrrole nitrogens is 1. The van der Waals surface area contributed by atoms with E-state index in [4.69, 9.17) is 32.9 Å². The summed E-state index contributed by atoms with van der Waals surface area (Å²) in [7, 11) is 3.29. The highest BCUT2D eigenvalue weighted by Crippen LogP contribution is 2.36. The molecule has 1 aliphatic rings. The molecule has 0 unspecified atom stereocenters. The number of rotatable bonds is 8. The number of nitrogens with zero attached hydrogens (tertiary/aromatic N) is 7. The van der Waals surface area contributed by atoms with Crippen molar-refractivity contribution in [3.05, 3.63) is 93.0 Å². The Morgan fingerprint density at radius 2 is 1.95 bits per heavy atom. The Labute approximate surface area is 256 Å². The highest BCUT2D eigenvalue weighted by atomic mass is 35.5. The number of benzene rings is 2. The van der Waals surface area contributed by atoms with Crippen molar-refractivity contribution in [2.45, 2.75) is 18.9 Å². The first-order chi connectivity index (χ1) is 20.8. The van der Waals surface area contributed by atoms with Crippen LogP contribution in [0.2, 0.25) is 10.2 Å². The molecule has 12 nitrogen and oxygen atoms in total. The molecule has 0 radical (unpaired) electrons. The predicted octanol–water partition coefficient (Wildman–Crippen LogP) is 4.83. The number of aryl methyl sites for hydroxylation is 1. The first-order valence-electron chi connectivity index (χ1n) is 13.5. The lowest BCUT2D eigenvalue weighted by Gasteiger charge is -2.17. The van der Waals surface area contributed by atoms with Crippen molar-refractivity contribution in [3.8, 4) is 28.1 Å². The van der Waals surface area contributed by atoms with Gasteiger partial charge in [-0.05, 0) is 65.2 Å². The molecule has 2 N–H and O–H groups in total. The third kappa shape index (κ3) is 5.76. The Kier molecular flexibility index (Phi) is 7.98. The number of nitrogens with one attached hydrogen (secondary N) is 2. The van der Waals surface area contributed by atoms with Gasteiger partial charge in [-0.3, -0.25) is 4.79 Å². The number of urea groups is 1. The lowest BCUT2D eigenvalue weighted by atomic mass is 10.0. The van der Waals surface area contributed by atoms with Gasteiger partial charge in [0, 0.05) is 54.3 Å². The van der Waals surface area contributed by atoms with E-state index in [0.29, 0.717) is 59.1 Å². The minimum absolute atomic E-state index is 0.165. The van der Waals surface area contributed by atoms with E-state index >= 15 is 0 Å². The Balaban J connectivity index is 1.25. The van der Waals surface area contributed by atoms with E-state index in [2.05, 4.69) is 25.8 Å². The molecule has 14 heteroatoms. The van der Waals surface area contributed by atoms with Gasteiger partial charge in [0.15, 0.2) is 0 Å². The van der Waals surface area contributed by atoms with Crippen molar-refractivity contribution >= 4 is 34.9 Å². The number of likely N-dealkylation sites (N-methyl/N-ethyl adjacent to an activating group) is 1. The standard InChI is InChI=1S/C29H27Cl2N9O3/c1-38(11-12-43-2)29(42)33-20-6-3-17(4-7-20)26-27(31)35-28(34-26)24-10-8-21-13-18(14-25(41)40(21)24)22-15-19(30)5-9-23(22)39-16-32-36-37-39/h3-7,9,13-16,24H,8,10-12H2,1-2H3,(H,33,42)(H,34,35)/t24-/m0/s1. The van der Waals surface area contributed by atoms with Crippen LogP contribution in [0.1, 0.15) is 24.0 Å². The molecule has 2 aromatic carbocycles. The fraction of sp³-hybridized carbons (Fsp3) is 0.241. The molecule has 220 valence electrons. The number of anilines is 1. The molecule has 1 atom stereocenters. The number of aromatic nitrogens is 7. The summed E-state index contributed by atoms with van der Waals surface area (Å²) in [5.74, 6) is 0.600. The van der Waals surface area contributed by atoms with E-state index < -0.39 is 0 Å². The van der Waals surface area contributed by atoms with Crippen LogP contribution in [0.3, 0.4) is 0 Å². The van der Waals surface area contributed by atoms with Crippen LogP contribution in [0.25, 0.3) is 28.1 Å². The lowest BCUT2D eigenvalue weighted by molar-refractivity contribution is 0.165. The monoisotopic (exact) mass is 619 g/mol. The first kappa shape index (κ1) is 28.6. The van der Waals surface area contributed by atoms with Crippen molar-refractivity contribution in [2.24, 2.45) is 0 Å². The minimum Gasteiger partial charge on any atom is -0.383 e. The highest BCUT2D eigenvalue weighted by Gasteiger charge is 2.29. The number of amides is 2. The molecule has 0 saturated carbocycles. The van der Waals surface area contributed by atoms with E-state index in [-0.39, 0.29) is 17.6 Å². The fourth-order valence-corrected chi connectivity index (χ4v) is 5.62. The number of hydrogen-bond acceptors (Lipinski definition) is 7. The number of halogens is 2. The molecule has 0 fully saturated rings. The van der Waals surface area contributed by atoms with E-state index in [1.165, 1.54) is 11.0 Å². The van der Waals surface area contributed by atoms with Crippen LogP contribution < -0.4 is 10.9 Å². The van der Waals surface area contributed by atoms with Crippen LogP contribution in [0.15, 0.2) is 65.7 Å². The molecular formula is C29H27Cl2N9O3. The fourth-order valence-electron chi connectivity index (χ4n) is 5.20. The second kappa shape index (κ2) is 12.0. The number of carbonyl (C=O) groups excluding carboxylic acids is 1. The molecule has 0 bridgehead atoms. The van der Waals surface area contributed by atoms with Crippen molar-refractivity contribution in [2.75, 3.05) is 32.6 Å². The van der Waals surface area contributed by atoms with E-state index in [0.717, 1.165) is 22.4 Å². The molecule has 0 spiro atoms. The van der Waals surface area contributed by atoms with Crippen molar-refractivity contribution in [1.82, 2.24) is 39.6 Å². The van der Waals surface area contributed by atoms with Crippen molar-refractivity contribution in [3.63, 3.8) is 0 Å². The SMILES string of the molecule is COCCN(C)C(=O)Nc1ccc(-c2nc([C@@H]3CCc4cc(-c5cc(Cl)ccc5-n5cnnn5)cc(=O)n43)[nH]c2Cl)cc1. The summed E-state index contributed by atoms with van der Waals surface area (Å²) in [5.41, 5.74) is 4.86. The molecule has 43 heavy (non-hydrogen) atoms. The van der Waals surface area contributed by atoms with Gasteiger partial charge in [0.1, 0.15) is 23.0 Å². The van der Waals surface area contributed by atoms with Crippen LogP contribution in [0, 0.1) is 0 Å². The number of ether oxygens (including phenoxy) is 1. The maximum Gasteiger partial charge on any atom is 0.321 e. The molecule has 6 rings (SSSR count). The van der Waals surface area contributed by atoms with E-state index in [9.17, 15) is 9.59 Å². The summed E-state index contributed by atoms with van der Waals surface area (Å²) >= 11 is 12.9.